The fourth-order valence-corrected chi connectivity index (χ4v) is 0.636. The van der Waals surface area contributed by atoms with E-state index in [4.69, 9.17) is 0 Å². The molecule has 0 N–H and O–H groups in total. The molecule has 0 aromatic rings. The molecular weight excluding hydrogens is 143 g/mol. The van der Waals surface area contributed by atoms with Gasteiger partial charge in [0.15, 0.2) is 6.34 Å². The number of hydrogen-bond acceptors (Lipinski definition) is 5. The summed E-state index contributed by atoms with van der Waals surface area (Å²) < 4.78 is 12.3. The van der Waals surface area contributed by atoms with Gasteiger partial charge in [-0.05, 0) is 0 Å². The molecule has 1 rings (SSSR count). The lowest BCUT2D eigenvalue weighted by Crippen LogP contribution is -2.39. The average molecular weight is 148 g/mol. The van der Waals surface area contributed by atoms with Crippen molar-refractivity contribution in [3.63, 3.8) is 0 Å². The van der Waals surface area contributed by atoms with Gasteiger partial charge < -0.3 is 0 Å². The van der Waals surface area contributed by atoms with Crippen molar-refractivity contribution in [1.29, 1.82) is 0 Å². The predicted octanol–water partition coefficient (Wildman–Crippen LogP) is -0.378. The number of hydrazone groups is 1. The van der Waals surface area contributed by atoms with Crippen molar-refractivity contribution in [3.8, 4) is 0 Å². The number of nitrogens with zero attached hydrogens (tertiary/aromatic N) is 4. The zero-order valence-electron chi connectivity index (χ0n) is 5.14. The minimum Gasteiger partial charge on any atom is -0.261 e. The zero-order valence-corrected chi connectivity index (χ0v) is 5.14. The Morgan fingerprint density at radius 3 is 2.70 bits per heavy atom. The molecule has 0 aliphatic carbocycles. The summed E-state index contributed by atoms with van der Waals surface area (Å²) in [7, 11) is 1.32. The third-order valence-corrected chi connectivity index (χ3v) is 1.09. The fourth-order valence-electron chi connectivity index (χ4n) is 0.636. The van der Waals surface area contributed by atoms with Crippen molar-refractivity contribution in [2.24, 2.45) is 5.10 Å². The molecular formula is C3H5FN4O2. The van der Waals surface area contributed by atoms with Crippen LogP contribution >= 0.6 is 0 Å². The Bertz CT molecular complexity index is 171. The summed E-state index contributed by atoms with van der Waals surface area (Å²) >= 11 is 0. The maximum Gasteiger partial charge on any atom is 0.409 e. The van der Waals surface area contributed by atoms with Crippen LogP contribution in [-0.2, 0) is 0 Å². The van der Waals surface area contributed by atoms with Crippen molar-refractivity contribution < 1.29 is 9.40 Å². The maximum atomic E-state index is 12.3. The second-order valence-corrected chi connectivity index (χ2v) is 1.78. The molecule has 0 aromatic heterocycles. The van der Waals surface area contributed by atoms with Gasteiger partial charge in [-0.1, -0.05) is 4.48 Å². The molecule has 7 heteroatoms. The van der Waals surface area contributed by atoms with E-state index in [2.05, 4.69) is 5.10 Å². The lowest BCUT2D eigenvalue weighted by molar-refractivity contribution is -0.580. The van der Waals surface area contributed by atoms with Crippen LogP contribution < -0.4 is 0 Å². The van der Waals surface area contributed by atoms with E-state index in [1.165, 1.54) is 7.05 Å². The SMILES string of the molecule is CN1N=CN(F)C1[N+](=O)[O-]. The topological polar surface area (TPSA) is 62.0 Å². The number of rotatable bonds is 1. The van der Waals surface area contributed by atoms with E-state index in [1.54, 1.807) is 0 Å². The van der Waals surface area contributed by atoms with Gasteiger partial charge in [-0.15, -0.1) is 5.12 Å². The molecule has 6 nitrogen and oxygen atoms in total. The van der Waals surface area contributed by atoms with E-state index >= 15 is 0 Å². The van der Waals surface area contributed by atoms with Crippen molar-refractivity contribution in [1.82, 2.24) is 10.1 Å². The third-order valence-electron chi connectivity index (χ3n) is 1.09. The minimum atomic E-state index is -1.50. The lowest BCUT2D eigenvalue weighted by Gasteiger charge is -2.11. The number of hydrogen-bond donors (Lipinski definition) is 0. The Morgan fingerprint density at radius 2 is 2.50 bits per heavy atom. The molecule has 1 aliphatic rings. The molecule has 1 atom stereocenters. The molecule has 1 aliphatic heterocycles. The summed E-state index contributed by atoms with van der Waals surface area (Å²) in [6, 6.07) is 0. The zero-order chi connectivity index (χ0) is 7.72. The first kappa shape index (κ1) is 6.72. The van der Waals surface area contributed by atoms with E-state index in [9.17, 15) is 14.6 Å². The highest BCUT2D eigenvalue weighted by atomic mass is 19.2. The largest absolute Gasteiger partial charge is 0.409 e. The first-order valence-corrected chi connectivity index (χ1v) is 2.47. The molecule has 0 amide bonds. The molecule has 0 saturated carbocycles. The number of halogens is 1. The average Bonchev–Trinajstić information content (AvgIpc) is 2.11. The van der Waals surface area contributed by atoms with E-state index in [0.29, 0.717) is 0 Å². The first-order valence-electron chi connectivity index (χ1n) is 2.47. The minimum absolute atomic E-state index is 0.0694. The van der Waals surface area contributed by atoms with Crippen LogP contribution in [0, 0.1) is 10.1 Å². The molecule has 56 valence electrons. The summed E-state index contributed by atoms with van der Waals surface area (Å²) in [6.07, 6.45) is -0.743. The maximum absolute atomic E-state index is 12.3. The Balaban J connectivity index is 2.69. The van der Waals surface area contributed by atoms with Gasteiger partial charge in [0.25, 0.3) is 0 Å². The Labute approximate surface area is 55.6 Å². The van der Waals surface area contributed by atoms with Gasteiger partial charge in [0.2, 0.25) is 0 Å². The van der Waals surface area contributed by atoms with Crippen molar-refractivity contribution in [2.45, 2.75) is 6.29 Å². The summed E-state index contributed by atoms with van der Waals surface area (Å²) in [6.45, 7) is 0. The van der Waals surface area contributed by atoms with Gasteiger partial charge in [-0.2, -0.15) is 5.10 Å². The lowest BCUT2D eigenvalue weighted by atomic mass is 10.8. The smallest absolute Gasteiger partial charge is 0.261 e. The molecule has 10 heavy (non-hydrogen) atoms. The molecule has 0 saturated heterocycles. The standard InChI is InChI=1S/C3H5FN4O2/c1-6-3(8(9)10)7(4)2-5-6/h2-3H,1H3. The molecule has 1 unspecified atom stereocenters. The van der Waals surface area contributed by atoms with Crippen LogP contribution in [0.15, 0.2) is 5.10 Å². The van der Waals surface area contributed by atoms with Crippen LogP contribution in [0.1, 0.15) is 0 Å². The van der Waals surface area contributed by atoms with Crippen LogP contribution in [0.5, 0.6) is 0 Å². The molecule has 0 radical (unpaired) electrons. The normalized spacial score (nSPS) is 24.0. The van der Waals surface area contributed by atoms with Gasteiger partial charge in [-0.3, -0.25) is 10.1 Å². The molecule has 1 heterocycles. The Hall–Kier alpha value is -1.40. The summed E-state index contributed by atoms with van der Waals surface area (Å²) in [4.78, 5) is 9.25. The number of nitro groups is 1. The monoisotopic (exact) mass is 148 g/mol. The van der Waals surface area contributed by atoms with Gasteiger partial charge in [-0.25, -0.2) is 5.01 Å². The van der Waals surface area contributed by atoms with Crippen LogP contribution in [0.3, 0.4) is 0 Å². The van der Waals surface area contributed by atoms with Crippen LogP contribution in [0.2, 0.25) is 0 Å². The highest BCUT2D eigenvalue weighted by Gasteiger charge is 2.35. The molecule has 0 aromatic carbocycles. The van der Waals surface area contributed by atoms with Crippen molar-refractivity contribution >= 4 is 6.34 Å². The Morgan fingerprint density at radius 1 is 1.90 bits per heavy atom. The first-order chi connectivity index (χ1) is 4.63. The fraction of sp³-hybridized carbons (Fsp3) is 0.667. The van der Waals surface area contributed by atoms with Crippen molar-refractivity contribution in [2.75, 3.05) is 7.05 Å². The van der Waals surface area contributed by atoms with Gasteiger partial charge in [0.05, 0.1) is 4.92 Å². The van der Waals surface area contributed by atoms with Crippen LogP contribution in [-0.4, -0.2) is 34.7 Å². The summed E-state index contributed by atoms with van der Waals surface area (Å²) in [5, 5.41) is 14.2. The highest BCUT2D eigenvalue weighted by molar-refractivity contribution is 5.54. The van der Waals surface area contributed by atoms with Gasteiger partial charge >= 0.3 is 6.29 Å². The predicted molar refractivity (Wildman–Crippen MR) is 30.0 cm³/mol. The van der Waals surface area contributed by atoms with Crippen LogP contribution in [0.4, 0.5) is 4.48 Å². The third kappa shape index (κ3) is 0.850. The molecule has 0 fully saturated rings. The summed E-state index contributed by atoms with van der Waals surface area (Å²) in [5.74, 6) is 0. The van der Waals surface area contributed by atoms with Gasteiger partial charge in [0.1, 0.15) is 0 Å². The van der Waals surface area contributed by atoms with Gasteiger partial charge in [0, 0.05) is 7.05 Å². The van der Waals surface area contributed by atoms with Crippen molar-refractivity contribution in [3.05, 3.63) is 10.1 Å². The summed E-state index contributed by atoms with van der Waals surface area (Å²) in [5.41, 5.74) is 0. The molecule has 0 spiro atoms. The second-order valence-electron chi connectivity index (χ2n) is 1.78. The quantitative estimate of drug-likeness (QED) is 0.289. The van der Waals surface area contributed by atoms with E-state index < -0.39 is 11.2 Å². The van der Waals surface area contributed by atoms with E-state index in [1.807, 2.05) is 0 Å². The second kappa shape index (κ2) is 2.09. The highest BCUT2D eigenvalue weighted by Crippen LogP contribution is 2.09. The van der Waals surface area contributed by atoms with E-state index in [-0.39, 0.29) is 5.12 Å². The molecule has 0 bridgehead atoms. The Kier molecular flexibility index (Phi) is 1.40. The van der Waals surface area contributed by atoms with Crippen LogP contribution in [0.25, 0.3) is 0 Å². The van der Waals surface area contributed by atoms with E-state index in [0.717, 1.165) is 11.3 Å².